The third kappa shape index (κ3) is 10.3. The van der Waals surface area contributed by atoms with Crippen LogP contribution >= 0.6 is 0 Å². The van der Waals surface area contributed by atoms with Crippen LogP contribution in [0.3, 0.4) is 0 Å². The van der Waals surface area contributed by atoms with Crippen molar-refractivity contribution >= 4 is 24.1 Å². The summed E-state index contributed by atoms with van der Waals surface area (Å²) in [5.41, 5.74) is 4.83. The van der Waals surface area contributed by atoms with Gasteiger partial charge in [-0.1, -0.05) is 26.8 Å². The Hall–Kier alpha value is -3.14. The number of hydrogen-bond acceptors (Lipinski definition) is 9. The summed E-state index contributed by atoms with van der Waals surface area (Å²) in [6.07, 6.45) is -0.353. The molecule has 3 atom stereocenters. The van der Waals surface area contributed by atoms with Gasteiger partial charge in [0, 0.05) is 25.7 Å². The first-order chi connectivity index (χ1) is 16.4. The fourth-order valence-electron chi connectivity index (χ4n) is 3.18. The van der Waals surface area contributed by atoms with Crippen molar-refractivity contribution in [2.24, 2.45) is 5.73 Å². The highest BCUT2D eigenvalue weighted by molar-refractivity contribution is 5.79. The van der Waals surface area contributed by atoms with Gasteiger partial charge in [-0.2, -0.15) is 0 Å². The summed E-state index contributed by atoms with van der Waals surface area (Å²) < 4.78 is 20.9. The Labute approximate surface area is 206 Å². The van der Waals surface area contributed by atoms with E-state index in [1.165, 1.54) is 19.1 Å². The molecule has 0 saturated heterocycles. The van der Waals surface area contributed by atoms with Crippen molar-refractivity contribution in [2.75, 3.05) is 0 Å². The van der Waals surface area contributed by atoms with Crippen LogP contribution < -0.4 is 15.2 Å². The maximum atomic E-state index is 12.1. The van der Waals surface area contributed by atoms with E-state index in [0.29, 0.717) is 24.8 Å². The third-order valence-corrected chi connectivity index (χ3v) is 5.13. The van der Waals surface area contributed by atoms with Crippen LogP contribution in [0.5, 0.6) is 11.5 Å². The number of hydrogen-bond donors (Lipinski definition) is 2. The molecule has 0 radical (unpaired) electrons. The van der Waals surface area contributed by atoms with E-state index >= 15 is 0 Å². The molecule has 0 aliphatic rings. The van der Waals surface area contributed by atoms with Crippen molar-refractivity contribution in [3.05, 3.63) is 23.8 Å². The number of nitrogens with two attached hydrogens (primary N) is 1. The highest BCUT2D eigenvalue weighted by atomic mass is 16.7. The fraction of sp³-hybridized carbons (Fsp3) is 0.600. The molecule has 3 N–H and O–H groups in total. The smallest absolute Gasteiger partial charge is 0.480 e. The normalized spacial score (nSPS) is 14.2. The molecule has 10 nitrogen and oxygen atoms in total. The topological polar surface area (TPSA) is 151 Å². The van der Waals surface area contributed by atoms with Gasteiger partial charge in [-0.25, -0.2) is 4.79 Å². The van der Waals surface area contributed by atoms with E-state index in [0.717, 1.165) is 0 Å². The van der Waals surface area contributed by atoms with E-state index < -0.39 is 35.7 Å². The SMILES string of the molecule is CCCC(=O)Oc1ccc(CC(N)(C[C@H](C)OC(=O)OC(C)CC)C(=O)O)cc1OC(=O)CCC. The lowest BCUT2D eigenvalue weighted by molar-refractivity contribution is -0.145. The van der Waals surface area contributed by atoms with Gasteiger partial charge in [-0.05, 0) is 50.8 Å². The van der Waals surface area contributed by atoms with Crippen molar-refractivity contribution in [1.82, 2.24) is 0 Å². The minimum atomic E-state index is -1.80. The minimum absolute atomic E-state index is 0.000397. The van der Waals surface area contributed by atoms with Crippen LogP contribution in [0.2, 0.25) is 0 Å². The molecule has 10 heteroatoms. The molecule has 0 saturated carbocycles. The zero-order chi connectivity index (χ0) is 26.6. The number of carbonyl (C=O) groups excluding carboxylic acids is 3. The van der Waals surface area contributed by atoms with Gasteiger partial charge in [-0.3, -0.25) is 14.4 Å². The van der Waals surface area contributed by atoms with Crippen molar-refractivity contribution < 1.29 is 43.2 Å². The maximum Gasteiger partial charge on any atom is 0.508 e. The van der Waals surface area contributed by atoms with E-state index in [4.69, 9.17) is 24.7 Å². The Morgan fingerprint density at radius 3 is 1.97 bits per heavy atom. The summed E-state index contributed by atoms with van der Waals surface area (Å²) in [7, 11) is 0. The number of carboxylic acid groups (broad SMARTS) is 1. The minimum Gasteiger partial charge on any atom is -0.480 e. The average molecular weight is 496 g/mol. The van der Waals surface area contributed by atoms with Crippen molar-refractivity contribution in [3.63, 3.8) is 0 Å². The van der Waals surface area contributed by atoms with Crippen LogP contribution in [0, 0.1) is 0 Å². The molecule has 35 heavy (non-hydrogen) atoms. The number of ether oxygens (including phenoxy) is 4. The zero-order valence-corrected chi connectivity index (χ0v) is 21.1. The summed E-state index contributed by atoms with van der Waals surface area (Å²) >= 11 is 0. The van der Waals surface area contributed by atoms with Crippen LogP contribution in [0.25, 0.3) is 0 Å². The van der Waals surface area contributed by atoms with Gasteiger partial charge in [-0.15, -0.1) is 0 Å². The van der Waals surface area contributed by atoms with Crippen molar-refractivity contribution in [1.29, 1.82) is 0 Å². The molecule has 0 spiro atoms. The van der Waals surface area contributed by atoms with Crippen LogP contribution in [-0.4, -0.2) is 46.9 Å². The van der Waals surface area contributed by atoms with E-state index in [-0.39, 0.29) is 43.3 Å². The van der Waals surface area contributed by atoms with Crippen molar-refractivity contribution in [3.8, 4) is 11.5 Å². The lowest BCUT2D eigenvalue weighted by Gasteiger charge is -2.28. The predicted octanol–water partition coefficient (Wildman–Crippen LogP) is 4.15. The van der Waals surface area contributed by atoms with Gasteiger partial charge >= 0.3 is 24.1 Å². The van der Waals surface area contributed by atoms with Gasteiger partial charge in [0.1, 0.15) is 17.7 Å². The summed E-state index contributed by atoms with van der Waals surface area (Å²) in [5, 5.41) is 9.83. The monoisotopic (exact) mass is 495 g/mol. The van der Waals surface area contributed by atoms with Crippen LogP contribution in [-0.2, 0) is 30.3 Å². The van der Waals surface area contributed by atoms with E-state index in [9.17, 15) is 24.3 Å². The molecule has 0 aliphatic carbocycles. The first-order valence-electron chi connectivity index (χ1n) is 11.9. The Morgan fingerprint density at radius 1 is 0.914 bits per heavy atom. The largest absolute Gasteiger partial charge is 0.508 e. The Bertz CT molecular complexity index is 886. The molecular formula is C25H37NO9. The van der Waals surface area contributed by atoms with E-state index in [2.05, 4.69) is 0 Å². The second-order valence-corrected chi connectivity index (χ2v) is 8.59. The molecule has 1 aromatic rings. The van der Waals surface area contributed by atoms with Crippen LogP contribution in [0.15, 0.2) is 18.2 Å². The number of carbonyl (C=O) groups is 4. The molecule has 0 aromatic heterocycles. The fourth-order valence-corrected chi connectivity index (χ4v) is 3.18. The first kappa shape index (κ1) is 29.9. The molecule has 2 unspecified atom stereocenters. The van der Waals surface area contributed by atoms with Crippen molar-refractivity contribution in [2.45, 2.75) is 97.3 Å². The highest BCUT2D eigenvalue weighted by Gasteiger charge is 2.37. The number of carboxylic acids is 1. The second kappa shape index (κ2) is 14.3. The van der Waals surface area contributed by atoms with E-state index in [1.54, 1.807) is 13.0 Å². The number of rotatable bonds is 14. The quantitative estimate of drug-likeness (QED) is 0.284. The van der Waals surface area contributed by atoms with Crippen LogP contribution in [0.1, 0.15) is 78.7 Å². The summed E-state index contributed by atoms with van der Waals surface area (Å²) in [6, 6.07) is 4.40. The molecule has 0 aliphatic heterocycles. The van der Waals surface area contributed by atoms with Crippen LogP contribution in [0.4, 0.5) is 4.79 Å². The molecule has 0 heterocycles. The third-order valence-electron chi connectivity index (χ3n) is 5.13. The lowest BCUT2D eigenvalue weighted by atomic mass is 9.86. The van der Waals surface area contributed by atoms with Gasteiger partial charge in [0.2, 0.25) is 0 Å². The first-order valence-corrected chi connectivity index (χ1v) is 11.9. The van der Waals surface area contributed by atoms with Gasteiger partial charge in [0.15, 0.2) is 11.5 Å². The summed E-state index contributed by atoms with van der Waals surface area (Å²) in [5.74, 6) is -2.25. The zero-order valence-electron chi connectivity index (χ0n) is 21.1. The molecule has 196 valence electrons. The van der Waals surface area contributed by atoms with Gasteiger partial charge < -0.3 is 29.8 Å². The summed E-state index contributed by atoms with van der Waals surface area (Å²) in [6.45, 7) is 8.73. The Kier molecular flexibility index (Phi) is 12.2. The van der Waals surface area contributed by atoms with E-state index in [1.807, 2.05) is 20.8 Å². The molecule has 0 bridgehead atoms. The Balaban J connectivity index is 3.10. The number of aliphatic carboxylic acids is 1. The summed E-state index contributed by atoms with van der Waals surface area (Å²) in [4.78, 5) is 48.0. The molecule has 0 amide bonds. The standard InChI is InChI=1S/C25H37NO9/c1-6-9-21(27)34-19-12-11-18(13-20(19)35-22(28)10-7-2)15-25(26,23(29)30)14-17(5)33-24(31)32-16(4)8-3/h11-13,16-17H,6-10,14-15,26H2,1-5H3,(H,29,30)/t16?,17-,25?/m0/s1. The predicted molar refractivity (Wildman–Crippen MR) is 127 cm³/mol. The lowest BCUT2D eigenvalue weighted by Crippen LogP contribution is -2.52. The number of esters is 2. The second-order valence-electron chi connectivity index (χ2n) is 8.59. The molecule has 1 aromatic carbocycles. The average Bonchev–Trinajstić information content (AvgIpc) is 2.75. The maximum absolute atomic E-state index is 12.1. The molecule has 0 fully saturated rings. The highest BCUT2D eigenvalue weighted by Crippen LogP contribution is 2.31. The number of benzene rings is 1. The Morgan fingerprint density at radius 2 is 1.46 bits per heavy atom. The molecule has 1 rings (SSSR count). The van der Waals surface area contributed by atoms with Gasteiger partial charge in [0.25, 0.3) is 0 Å². The molecular weight excluding hydrogens is 458 g/mol. The van der Waals surface area contributed by atoms with Gasteiger partial charge in [0.05, 0.1) is 0 Å².